The highest BCUT2D eigenvalue weighted by Crippen LogP contribution is 2.22. The van der Waals surface area contributed by atoms with Gasteiger partial charge in [0.2, 0.25) is 10.0 Å². The van der Waals surface area contributed by atoms with Crippen LogP contribution in [0.2, 0.25) is 0 Å². The van der Waals surface area contributed by atoms with Crippen LogP contribution in [0.1, 0.15) is 20.8 Å². The van der Waals surface area contributed by atoms with Crippen LogP contribution in [0.15, 0.2) is 22.7 Å². The molecule has 0 bridgehead atoms. The Balaban J connectivity index is 2.87. The molecule has 3 nitrogen and oxygen atoms in total. The van der Waals surface area contributed by atoms with E-state index < -0.39 is 15.8 Å². The van der Waals surface area contributed by atoms with Gasteiger partial charge in [0.15, 0.2) is 0 Å². The Morgan fingerprint density at radius 2 is 1.94 bits per heavy atom. The summed E-state index contributed by atoms with van der Waals surface area (Å²) in [6.45, 7) is 5.52. The molecule has 0 aromatic heterocycles. The van der Waals surface area contributed by atoms with Crippen LogP contribution < -0.4 is 4.72 Å². The van der Waals surface area contributed by atoms with Crippen LogP contribution in [0.3, 0.4) is 0 Å². The van der Waals surface area contributed by atoms with E-state index in [1.54, 1.807) is 0 Å². The molecule has 0 saturated carbocycles. The number of hydrogen-bond donors (Lipinski definition) is 1. The quantitative estimate of drug-likeness (QED) is 0.926. The topological polar surface area (TPSA) is 46.2 Å². The fraction of sp³-hybridized carbons (Fsp3) is 0.455. The molecule has 0 saturated heterocycles. The lowest BCUT2D eigenvalue weighted by atomic mass is 10.0. The van der Waals surface area contributed by atoms with E-state index in [1.165, 1.54) is 18.2 Å². The average molecular weight is 324 g/mol. The van der Waals surface area contributed by atoms with Gasteiger partial charge in [-0.05, 0) is 39.5 Å². The fourth-order valence-electron chi connectivity index (χ4n) is 1.35. The zero-order valence-electron chi connectivity index (χ0n) is 9.92. The molecule has 1 aromatic carbocycles. The van der Waals surface area contributed by atoms with Crippen LogP contribution in [-0.2, 0) is 10.0 Å². The van der Waals surface area contributed by atoms with Gasteiger partial charge >= 0.3 is 0 Å². The zero-order chi connectivity index (χ0) is 13.3. The highest BCUT2D eigenvalue weighted by Gasteiger charge is 2.21. The van der Waals surface area contributed by atoms with Crippen molar-refractivity contribution < 1.29 is 12.8 Å². The molecule has 0 aliphatic heterocycles. The molecule has 0 aliphatic rings. The number of sulfonamides is 1. The van der Waals surface area contributed by atoms with Crippen LogP contribution in [0.25, 0.3) is 0 Å². The monoisotopic (exact) mass is 323 g/mol. The largest absolute Gasteiger partial charge is 0.283 e. The van der Waals surface area contributed by atoms with Gasteiger partial charge in [0.1, 0.15) is 5.82 Å². The Bertz CT molecular complexity index is 509. The van der Waals surface area contributed by atoms with E-state index in [1.807, 2.05) is 20.8 Å². The van der Waals surface area contributed by atoms with E-state index in [4.69, 9.17) is 0 Å². The highest BCUT2D eigenvalue weighted by molar-refractivity contribution is 9.10. The van der Waals surface area contributed by atoms with Crippen molar-refractivity contribution in [2.45, 2.75) is 20.8 Å². The van der Waals surface area contributed by atoms with Crippen molar-refractivity contribution in [1.82, 2.24) is 0 Å². The predicted octanol–water partition coefficient (Wildman–Crippen LogP) is 3.38. The van der Waals surface area contributed by atoms with Crippen molar-refractivity contribution in [2.75, 3.05) is 10.5 Å². The molecule has 96 valence electrons. The number of nitrogens with one attached hydrogen (secondary N) is 1. The summed E-state index contributed by atoms with van der Waals surface area (Å²) in [5.74, 6) is -0.418. The van der Waals surface area contributed by atoms with Gasteiger partial charge in [0.05, 0.1) is 10.2 Å². The first-order valence-corrected chi connectivity index (χ1v) is 7.49. The summed E-state index contributed by atoms with van der Waals surface area (Å²) in [4.78, 5) is 0. The Labute approximate surface area is 110 Å². The average Bonchev–Trinajstić information content (AvgIpc) is 2.06. The molecule has 0 spiro atoms. The molecule has 1 aromatic rings. The lowest BCUT2D eigenvalue weighted by Gasteiger charge is -2.18. The lowest BCUT2D eigenvalue weighted by Crippen LogP contribution is -2.26. The Morgan fingerprint density at radius 1 is 1.35 bits per heavy atom. The molecule has 0 radical (unpaired) electrons. The van der Waals surface area contributed by atoms with Gasteiger partial charge in [-0.2, -0.15) is 0 Å². The summed E-state index contributed by atoms with van der Waals surface area (Å²) in [5.41, 5.74) is 0.0193. The van der Waals surface area contributed by atoms with Crippen LogP contribution >= 0.6 is 15.9 Å². The van der Waals surface area contributed by atoms with E-state index in [0.717, 1.165) is 0 Å². The van der Waals surface area contributed by atoms with Crippen LogP contribution in [0, 0.1) is 11.2 Å². The molecule has 1 rings (SSSR count). The molecule has 1 N–H and O–H groups in total. The molecule has 0 atom stereocenters. The van der Waals surface area contributed by atoms with Gasteiger partial charge in [0, 0.05) is 5.69 Å². The van der Waals surface area contributed by atoms with Crippen molar-refractivity contribution in [1.29, 1.82) is 0 Å². The van der Waals surface area contributed by atoms with E-state index in [0.29, 0.717) is 5.69 Å². The summed E-state index contributed by atoms with van der Waals surface area (Å²) in [6, 6.07) is 3.99. The third-order valence-corrected chi connectivity index (χ3v) is 4.22. The van der Waals surface area contributed by atoms with E-state index >= 15 is 0 Å². The van der Waals surface area contributed by atoms with Gasteiger partial charge in [-0.3, -0.25) is 4.72 Å². The van der Waals surface area contributed by atoms with E-state index in [2.05, 4.69) is 20.7 Å². The SMILES string of the molecule is CC(C)(C)CS(=O)(=O)Nc1ccc(F)c(Br)c1. The van der Waals surface area contributed by atoms with Gasteiger partial charge in [0.25, 0.3) is 0 Å². The first-order valence-electron chi connectivity index (χ1n) is 5.05. The lowest BCUT2D eigenvalue weighted by molar-refractivity contribution is 0.463. The maximum absolute atomic E-state index is 13.0. The molecule has 0 heterocycles. The molecule has 6 heteroatoms. The van der Waals surface area contributed by atoms with Gasteiger partial charge in [-0.1, -0.05) is 20.8 Å². The fourth-order valence-corrected chi connectivity index (χ4v) is 3.42. The minimum Gasteiger partial charge on any atom is -0.283 e. The normalized spacial score (nSPS) is 12.5. The maximum Gasteiger partial charge on any atom is 0.233 e. The molecular formula is C11H15BrFNO2S. The van der Waals surface area contributed by atoms with Crippen molar-refractivity contribution in [3.8, 4) is 0 Å². The maximum atomic E-state index is 13.0. The van der Waals surface area contributed by atoms with Gasteiger partial charge in [-0.25, -0.2) is 12.8 Å². The van der Waals surface area contributed by atoms with Crippen molar-refractivity contribution in [3.05, 3.63) is 28.5 Å². The number of benzene rings is 1. The third kappa shape index (κ3) is 5.04. The first kappa shape index (κ1) is 14.4. The summed E-state index contributed by atoms with van der Waals surface area (Å²) >= 11 is 3.01. The standard InChI is InChI=1S/C11H15BrFNO2S/c1-11(2,3)7-17(15,16)14-8-4-5-10(13)9(12)6-8/h4-6,14H,7H2,1-3H3. The Morgan fingerprint density at radius 3 is 2.41 bits per heavy atom. The molecule has 0 aliphatic carbocycles. The van der Waals surface area contributed by atoms with E-state index in [-0.39, 0.29) is 15.6 Å². The summed E-state index contributed by atoms with van der Waals surface area (Å²) < 4.78 is 39.2. The van der Waals surface area contributed by atoms with Crippen LogP contribution in [-0.4, -0.2) is 14.2 Å². The van der Waals surface area contributed by atoms with Crippen molar-refractivity contribution >= 4 is 31.6 Å². The summed E-state index contributed by atoms with van der Waals surface area (Å²) in [5, 5.41) is 0. The number of halogens is 2. The van der Waals surface area contributed by atoms with Crippen LogP contribution in [0.5, 0.6) is 0 Å². The van der Waals surface area contributed by atoms with Gasteiger partial charge in [-0.15, -0.1) is 0 Å². The Hall–Kier alpha value is -0.620. The second-order valence-corrected chi connectivity index (χ2v) is 7.63. The van der Waals surface area contributed by atoms with E-state index in [9.17, 15) is 12.8 Å². The summed E-state index contributed by atoms with van der Waals surface area (Å²) in [6.07, 6.45) is 0. The van der Waals surface area contributed by atoms with Crippen molar-refractivity contribution in [2.24, 2.45) is 5.41 Å². The van der Waals surface area contributed by atoms with Gasteiger partial charge < -0.3 is 0 Å². The predicted molar refractivity (Wildman–Crippen MR) is 71.0 cm³/mol. The summed E-state index contributed by atoms with van der Waals surface area (Å²) in [7, 11) is -3.42. The Kier molecular flexibility index (Phi) is 4.19. The smallest absolute Gasteiger partial charge is 0.233 e. The number of hydrogen-bond acceptors (Lipinski definition) is 2. The third-order valence-electron chi connectivity index (χ3n) is 1.82. The molecule has 0 amide bonds. The molecule has 17 heavy (non-hydrogen) atoms. The molecule has 0 unspecified atom stereocenters. The van der Waals surface area contributed by atoms with Crippen LogP contribution in [0.4, 0.5) is 10.1 Å². The minimum absolute atomic E-state index is 0.00892. The number of anilines is 1. The molecule has 0 fully saturated rings. The second kappa shape index (κ2) is 4.94. The highest BCUT2D eigenvalue weighted by atomic mass is 79.9. The first-order chi connectivity index (χ1) is 7.59. The minimum atomic E-state index is -3.42. The molecular weight excluding hydrogens is 309 g/mol. The second-order valence-electron chi connectivity index (χ2n) is 5.05. The number of rotatable bonds is 3. The van der Waals surface area contributed by atoms with Crippen molar-refractivity contribution in [3.63, 3.8) is 0 Å². The zero-order valence-corrected chi connectivity index (χ0v) is 12.3.